The minimum absolute atomic E-state index is 0.300. The monoisotopic (exact) mass is 261 g/mol. The van der Waals surface area contributed by atoms with Crippen molar-refractivity contribution in [1.29, 1.82) is 0 Å². The highest BCUT2D eigenvalue weighted by molar-refractivity contribution is 5.81. The summed E-state index contributed by atoms with van der Waals surface area (Å²) in [6, 6.07) is 3.72. The predicted octanol–water partition coefficient (Wildman–Crippen LogP) is 1.80. The molecule has 0 fully saturated rings. The Kier molecular flexibility index (Phi) is 2.59. The Hall–Kier alpha value is -2.57. The van der Waals surface area contributed by atoms with Crippen molar-refractivity contribution in [3.63, 3.8) is 0 Å². The number of hydrogen-bond acceptors (Lipinski definition) is 4. The van der Waals surface area contributed by atoms with Crippen LogP contribution in [0.2, 0.25) is 0 Å². The molecular formula is C12H9F2N5. The van der Waals surface area contributed by atoms with Gasteiger partial charge in [0.25, 0.3) is 0 Å². The van der Waals surface area contributed by atoms with E-state index in [2.05, 4.69) is 19.9 Å². The van der Waals surface area contributed by atoms with Gasteiger partial charge in [0.15, 0.2) is 23.1 Å². The highest BCUT2D eigenvalue weighted by Crippen LogP contribution is 2.16. The molecule has 2 aromatic heterocycles. The molecule has 3 aromatic rings. The summed E-state index contributed by atoms with van der Waals surface area (Å²) in [6.07, 6.45) is 1.65. The number of nitrogen functional groups attached to an aromatic ring is 1. The van der Waals surface area contributed by atoms with Crippen LogP contribution in [-0.4, -0.2) is 19.9 Å². The van der Waals surface area contributed by atoms with Gasteiger partial charge in [-0.3, -0.25) is 0 Å². The summed E-state index contributed by atoms with van der Waals surface area (Å²) in [4.78, 5) is 15.0. The molecule has 0 atom stereocenters. The first-order valence-corrected chi connectivity index (χ1v) is 5.52. The third-order valence-electron chi connectivity index (χ3n) is 2.72. The second kappa shape index (κ2) is 4.27. The van der Waals surface area contributed by atoms with E-state index in [0.29, 0.717) is 34.8 Å². The second-order valence-corrected chi connectivity index (χ2v) is 4.07. The smallest absolute Gasteiger partial charge is 0.183 e. The highest BCUT2D eigenvalue weighted by Gasteiger charge is 2.09. The van der Waals surface area contributed by atoms with Crippen LogP contribution in [0.15, 0.2) is 24.5 Å². The van der Waals surface area contributed by atoms with Crippen molar-refractivity contribution in [3.05, 3.63) is 47.5 Å². The molecule has 5 nitrogen and oxygen atoms in total. The first kappa shape index (κ1) is 11.5. The van der Waals surface area contributed by atoms with E-state index >= 15 is 0 Å². The molecule has 3 rings (SSSR count). The van der Waals surface area contributed by atoms with Gasteiger partial charge in [0.05, 0.1) is 0 Å². The Bertz CT molecular complexity index is 753. The van der Waals surface area contributed by atoms with Crippen LogP contribution in [-0.2, 0) is 6.42 Å². The van der Waals surface area contributed by atoms with Gasteiger partial charge in [-0.25, -0.2) is 23.7 Å². The summed E-state index contributed by atoms with van der Waals surface area (Å²) in [5.74, 6) is -0.890. The number of fused-ring (bicyclic) bond motifs is 1. The van der Waals surface area contributed by atoms with Crippen molar-refractivity contribution in [2.75, 3.05) is 5.73 Å². The van der Waals surface area contributed by atoms with Gasteiger partial charge in [0.2, 0.25) is 0 Å². The number of aromatic amines is 1. The highest BCUT2D eigenvalue weighted by atomic mass is 19.2. The van der Waals surface area contributed by atoms with Crippen molar-refractivity contribution in [1.82, 2.24) is 19.9 Å². The van der Waals surface area contributed by atoms with Crippen LogP contribution in [0.4, 0.5) is 14.6 Å². The van der Waals surface area contributed by atoms with Gasteiger partial charge in [0.1, 0.15) is 17.7 Å². The lowest BCUT2D eigenvalue weighted by Crippen LogP contribution is -1.93. The number of nitrogens with two attached hydrogens (primary N) is 1. The number of halogens is 2. The van der Waals surface area contributed by atoms with Crippen LogP contribution in [0.3, 0.4) is 0 Å². The summed E-state index contributed by atoms with van der Waals surface area (Å²) in [6.45, 7) is 0. The van der Waals surface area contributed by atoms with Crippen LogP contribution in [0.1, 0.15) is 11.4 Å². The minimum atomic E-state index is -0.882. The van der Waals surface area contributed by atoms with E-state index in [-0.39, 0.29) is 0 Å². The number of nitrogens with one attached hydrogen (secondary N) is 1. The number of aromatic nitrogens is 4. The van der Waals surface area contributed by atoms with Crippen LogP contribution < -0.4 is 5.73 Å². The molecular weight excluding hydrogens is 252 g/mol. The molecule has 0 unspecified atom stereocenters. The molecule has 1 aromatic carbocycles. The van der Waals surface area contributed by atoms with E-state index in [9.17, 15) is 8.78 Å². The van der Waals surface area contributed by atoms with Crippen LogP contribution in [0, 0.1) is 11.6 Å². The van der Waals surface area contributed by atoms with Gasteiger partial charge >= 0.3 is 0 Å². The van der Waals surface area contributed by atoms with E-state index < -0.39 is 11.6 Å². The third kappa shape index (κ3) is 2.10. The van der Waals surface area contributed by atoms with E-state index in [0.717, 1.165) is 12.1 Å². The second-order valence-electron chi connectivity index (χ2n) is 4.07. The minimum Gasteiger partial charge on any atom is -0.382 e. The zero-order valence-electron chi connectivity index (χ0n) is 9.69. The van der Waals surface area contributed by atoms with Gasteiger partial charge in [0, 0.05) is 6.42 Å². The summed E-state index contributed by atoms with van der Waals surface area (Å²) >= 11 is 0. The van der Waals surface area contributed by atoms with Gasteiger partial charge in [-0.15, -0.1) is 0 Å². The lowest BCUT2D eigenvalue weighted by atomic mass is 10.1. The van der Waals surface area contributed by atoms with Gasteiger partial charge in [-0.05, 0) is 17.7 Å². The predicted molar refractivity (Wildman–Crippen MR) is 65.3 cm³/mol. The molecule has 0 aliphatic heterocycles. The zero-order valence-corrected chi connectivity index (χ0v) is 9.69. The normalized spacial score (nSPS) is 11.1. The first-order valence-electron chi connectivity index (χ1n) is 5.52. The average molecular weight is 261 g/mol. The summed E-state index contributed by atoms with van der Waals surface area (Å²) in [7, 11) is 0. The molecule has 96 valence electrons. The number of benzene rings is 1. The molecule has 0 bridgehead atoms. The maximum Gasteiger partial charge on any atom is 0.183 e. The van der Waals surface area contributed by atoms with E-state index in [1.54, 1.807) is 0 Å². The quantitative estimate of drug-likeness (QED) is 0.737. The maximum absolute atomic E-state index is 13.1. The van der Waals surface area contributed by atoms with Crippen molar-refractivity contribution >= 4 is 17.0 Å². The SMILES string of the molecule is Nc1ncnc2nc(Cc3ccc(F)c(F)c3)[nH]c12. The van der Waals surface area contributed by atoms with E-state index in [4.69, 9.17) is 5.73 Å². The Morgan fingerprint density at radius 1 is 1.16 bits per heavy atom. The molecule has 0 aliphatic rings. The fourth-order valence-corrected chi connectivity index (χ4v) is 1.82. The Balaban J connectivity index is 1.96. The van der Waals surface area contributed by atoms with Crippen molar-refractivity contribution in [2.45, 2.75) is 6.42 Å². The number of hydrogen-bond donors (Lipinski definition) is 2. The zero-order chi connectivity index (χ0) is 13.4. The molecule has 0 spiro atoms. The maximum atomic E-state index is 13.1. The number of H-pyrrole nitrogens is 1. The lowest BCUT2D eigenvalue weighted by molar-refractivity contribution is 0.507. The fourth-order valence-electron chi connectivity index (χ4n) is 1.82. The molecule has 7 heteroatoms. The Morgan fingerprint density at radius 2 is 2.00 bits per heavy atom. The number of anilines is 1. The van der Waals surface area contributed by atoms with Gasteiger partial charge < -0.3 is 10.7 Å². The standard InChI is InChI=1S/C12H9F2N5/c13-7-2-1-6(3-8(7)14)4-9-18-10-11(15)16-5-17-12(10)19-9/h1-3,5H,4H2,(H3,15,16,17,18,19). The van der Waals surface area contributed by atoms with Crippen molar-refractivity contribution < 1.29 is 8.78 Å². The molecule has 19 heavy (non-hydrogen) atoms. The summed E-state index contributed by atoms with van der Waals surface area (Å²) in [5, 5.41) is 0. The average Bonchev–Trinajstić information content (AvgIpc) is 2.78. The topological polar surface area (TPSA) is 80.5 Å². The van der Waals surface area contributed by atoms with Gasteiger partial charge in [-0.1, -0.05) is 6.07 Å². The van der Waals surface area contributed by atoms with Gasteiger partial charge in [-0.2, -0.15) is 0 Å². The molecule has 0 aliphatic carbocycles. The Morgan fingerprint density at radius 3 is 2.74 bits per heavy atom. The molecule has 3 N–H and O–H groups in total. The number of nitrogens with zero attached hydrogens (tertiary/aromatic N) is 3. The van der Waals surface area contributed by atoms with Crippen LogP contribution in [0.5, 0.6) is 0 Å². The summed E-state index contributed by atoms with van der Waals surface area (Å²) in [5.41, 5.74) is 7.27. The molecule has 0 saturated carbocycles. The fraction of sp³-hybridized carbons (Fsp3) is 0.0833. The van der Waals surface area contributed by atoms with Crippen LogP contribution in [0.25, 0.3) is 11.2 Å². The van der Waals surface area contributed by atoms with Crippen molar-refractivity contribution in [2.24, 2.45) is 0 Å². The molecule has 0 radical (unpaired) electrons. The molecule has 0 saturated heterocycles. The third-order valence-corrected chi connectivity index (χ3v) is 2.72. The number of rotatable bonds is 2. The number of imidazole rings is 1. The van der Waals surface area contributed by atoms with E-state index in [1.165, 1.54) is 12.4 Å². The molecule has 2 heterocycles. The Labute approximate surface area is 106 Å². The van der Waals surface area contributed by atoms with E-state index in [1.807, 2.05) is 0 Å². The molecule has 0 amide bonds. The largest absolute Gasteiger partial charge is 0.382 e. The first-order chi connectivity index (χ1) is 9.13. The lowest BCUT2D eigenvalue weighted by Gasteiger charge is -1.99. The summed E-state index contributed by atoms with van der Waals surface area (Å²) < 4.78 is 25.9. The van der Waals surface area contributed by atoms with Crippen molar-refractivity contribution in [3.8, 4) is 0 Å². The van der Waals surface area contributed by atoms with Crippen LogP contribution >= 0.6 is 0 Å².